The molecule has 1 aliphatic rings. The Kier molecular flexibility index (Phi) is 3.86. The number of hydrogen-bond donors (Lipinski definition) is 1. The zero-order chi connectivity index (χ0) is 14.9. The van der Waals surface area contributed by atoms with E-state index in [-0.39, 0.29) is 5.41 Å². The molecule has 0 aliphatic heterocycles. The van der Waals surface area contributed by atoms with E-state index in [1.165, 1.54) is 34.2 Å². The number of hydrogen-bond acceptors (Lipinski definition) is 1. The van der Waals surface area contributed by atoms with Gasteiger partial charge in [-0.1, -0.05) is 53.6 Å². The summed E-state index contributed by atoms with van der Waals surface area (Å²) >= 11 is 0. The zero-order valence-electron chi connectivity index (χ0n) is 13.2. The number of aryl methyl sites for hydroxylation is 3. The van der Waals surface area contributed by atoms with Crippen LogP contribution in [0.25, 0.3) is 0 Å². The summed E-state index contributed by atoms with van der Waals surface area (Å²) in [4.78, 5) is 0. The molecule has 21 heavy (non-hydrogen) atoms. The molecule has 1 atom stereocenters. The second kappa shape index (κ2) is 5.65. The van der Waals surface area contributed by atoms with E-state index in [9.17, 15) is 0 Å². The summed E-state index contributed by atoms with van der Waals surface area (Å²) < 4.78 is 0. The van der Waals surface area contributed by atoms with Gasteiger partial charge in [0.05, 0.1) is 0 Å². The van der Waals surface area contributed by atoms with Crippen molar-refractivity contribution in [1.29, 1.82) is 0 Å². The molecule has 0 fully saturated rings. The molecule has 110 valence electrons. The third-order valence-corrected chi connectivity index (χ3v) is 4.90. The predicted molar refractivity (Wildman–Crippen MR) is 89.6 cm³/mol. The molecule has 0 saturated carbocycles. The van der Waals surface area contributed by atoms with Gasteiger partial charge in [0.25, 0.3) is 0 Å². The highest BCUT2D eigenvalue weighted by Crippen LogP contribution is 2.37. The maximum absolute atomic E-state index is 6.22. The Morgan fingerprint density at radius 2 is 1.67 bits per heavy atom. The molecule has 1 aliphatic carbocycles. The van der Waals surface area contributed by atoms with Crippen LogP contribution in [0.4, 0.5) is 0 Å². The van der Waals surface area contributed by atoms with E-state index in [0.717, 1.165) is 25.8 Å². The van der Waals surface area contributed by atoms with Crippen molar-refractivity contribution in [2.45, 2.75) is 39.5 Å². The van der Waals surface area contributed by atoms with Gasteiger partial charge >= 0.3 is 0 Å². The van der Waals surface area contributed by atoms with Crippen LogP contribution in [0.15, 0.2) is 42.5 Å². The summed E-state index contributed by atoms with van der Waals surface area (Å²) in [6, 6.07) is 15.7. The Balaban J connectivity index is 1.88. The van der Waals surface area contributed by atoms with Gasteiger partial charge in [0.15, 0.2) is 0 Å². The largest absolute Gasteiger partial charge is 0.330 e. The topological polar surface area (TPSA) is 26.0 Å². The Morgan fingerprint density at radius 3 is 2.33 bits per heavy atom. The van der Waals surface area contributed by atoms with Crippen molar-refractivity contribution in [2.75, 3.05) is 6.54 Å². The quantitative estimate of drug-likeness (QED) is 0.903. The van der Waals surface area contributed by atoms with Gasteiger partial charge in [0.2, 0.25) is 0 Å². The molecule has 1 heteroatoms. The first kappa shape index (κ1) is 14.3. The SMILES string of the molecule is Cc1cc(C)cc(CC2(CN)CCc3ccccc3C2)c1. The van der Waals surface area contributed by atoms with Crippen LogP contribution in [-0.2, 0) is 19.3 Å². The molecule has 0 bridgehead atoms. The van der Waals surface area contributed by atoms with Gasteiger partial charge < -0.3 is 5.73 Å². The highest BCUT2D eigenvalue weighted by Gasteiger charge is 2.33. The van der Waals surface area contributed by atoms with Gasteiger partial charge in [0.1, 0.15) is 0 Å². The number of rotatable bonds is 3. The first-order valence-corrected chi connectivity index (χ1v) is 7.94. The van der Waals surface area contributed by atoms with E-state index in [1.54, 1.807) is 0 Å². The summed E-state index contributed by atoms with van der Waals surface area (Å²) in [7, 11) is 0. The Morgan fingerprint density at radius 1 is 1.00 bits per heavy atom. The van der Waals surface area contributed by atoms with Crippen LogP contribution in [0.2, 0.25) is 0 Å². The lowest BCUT2D eigenvalue weighted by Crippen LogP contribution is -2.38. The highest BCUT2D eigenvalue weighted by atomic mass is 14.6. The fraction of sp³-hybridized carbons (Fsp3) is 0.400. The first-order chi connectivity index (χ1) is 10.1. The minimum Gasteiger partial charge on any atom is -0.330 e. The smallest absolute Gasteiger partial charge is 0.00140 e. The molecular weight excluding hydrogens is 254 g/mol. The minimum absolute atomic E-state index is 0.231. The molecule has 0 amide bonds. The van der Waals surface area contributed by atoms with Gasteiger partial charge in [0, 0.05) is 0 Å². The first-order valence-electron chi connectivity index (χ1n) is 7.94. The number of nitrogens with two attached hydrogens (primary N) is 1. The molecule has 1 unspecified atom stereocenters. The fourth-order valence-corrected chi connectivity index (χ4v) is 3.87. The molecule has 0 radical (unpaired) electrons. The Labute approximate surface area is 128 Å². The summed E-state index contributed by atoms with van der Waals surface area (Å²) in [6.45, 7) is 5.14. The van der Waals surface area contributed by atoms with Crippen LogP contribution in [0.3, 0.4) is 0 Å². The molecule has 1 nitrogen and oxygen atoms in total. The lowest BCUT2D eigenvalue weighted by atomic mass is 9.68. The van der Waals surface area contributed by atoms with E-state index in [4.69, 9.17) is 5.73 Å². The number of benzene rings is 2. The van der Waals surface area contributed by atoms with Crippen molar-refractivity contribution in [1.82, 2.24) is 0 Å². The maximum Gasteiger partial charge on any atom is -0.00140 e. The lowest BCUT2D eigenvalue weighted by Gasteiger charge is -2.37. The van der Waals surface area contributed by atoms with E-state index >= 15 is 0 Å². The predicted octanol–water partition coefficient (Wildman–Crippen LogP) is 3.98. The van der Waals surface area contributed by atoms with Gasteiger partial charge in [-0.25, -0.2) is 0 Å². The van der Waals surface area contributed by atoms with Crippen LogP contribution in [0.1, 0.15) is 34.2 Å². The van der Waals surface area contributed by atoms with Crippen molar-refractivity contribution in [3.8, 4) is 0 Å². The van der Waals surface area contributed by atoms with Crippen LogP contribution < -0.4 is 5.73 Å². The van der Waals surface area contributed by atoms with Crippen molar-refractivity contribution >= 4 is 0 Å². The van der Waals surface area contributed by atoms with Crippen LogP contribution in [0, 0.1) is 19.3 Å². The van der Waals surface area contributed by atoms with Gasteiger partial charge in [-0.05, 0) is 68.2 Å². The minimum atomic E-state index is 0.231. The average molecular weight is 279 g/mol. The van der Waals surface area contributed by atoms with E-state index in [0.29, 0.717) is 0 Å². The summed E-state index contributed by atoms with van der Waals surface area (Å²) in [5.74, 6) is 0. The van der Waals surface area contributed by atoms with Crippen molar-refractivity contribution < 1.29 is 0 Å². The maximum atomic E-state index is 6.22. The lowest BCUT2D eigenvalue weighted by molar-refractivity contribution is 0.254. The average Bonchev–Trinajstić information content (AvgIpc) is 2.46. The van der Waals surface area contributed by atoms with Crippen molar-refractivity contribution in [3.05, 3.63) is 70.3 Å². The third-order valence-electron chi connectivity index (χ3n) is 4.90. The third kappa shape index (κ3) is 3.03. The molecular formula is C20H25N. The second-order valence-corrected chi connectivity index (χ2v) is 6.82. The van der Waals surface area contributed by atoms with Gasteiger partial charge in [-0.15, -0.1) is 0 Å². The molecule has 0 aromatic heterocycles. The van der Waals surface area contributed by atoms with Gasteiger partial charge in [-0.2, -0.15) is 0 Å². The molecule has 2 aromatic carbocycles. The highest BCUT2D eigenvalue weighted by molar-refractivity contribution is 5.34. The molecule has 2 N–H and O–H groups in total. The molecule has 0 heterocycles. The monoisotopic (exact) mass is 279 g/mol. The Bertz CT molecular complexity index is 624. The van der Waals surface area contributed by atoms with Crippen molar-refractivity contribution in [2.24, 2.45) is 11.1 Å². The molecule has 3 rings (SSSR count). The van der Waals surface area contributed by atoms with E-state index in [2.05, 4.69) is 56.3 Å². The van der Waals surface area contributed by atoms with Crippen LogP contribution in [-0.4, -0.2) is 6.54 Å². The molecule has 2 aromatic rings. The van der Waals surface area contributed by atoms with E-state index in [1.807, 2.05) is 0 Å². The van der Waals surface area contributed by atoms with E-state index < -0.39 is 0 Å². The normalized spacial score (nSPS) is 21.1. The second-order valence-electron chi connectivity index (χ2n) is 6.82. The fourth-order valence-electron chi connectivity index (χ4n) is 3.87. The summed E-state index contributed by atoms with van der Waals surface area (Å²) in [5, 5.41) is 0. The Hall–Kier alpha value is -1.60. The standard InChI is InChI=1S/C20H25N/c1-15-9-16(2)11-17(10-15)12-20(14-21)8-7-18-5-3-4-6-19(18)13-20/h3-6,9-11H,7-8,12-14,21H2,1-2H3. The molecule has 0 spiro atoms. The van der Waals surface area contributed by atoms with Crippen LogP contribution in [0.5, 0.6) is 0 Å². The van der Waals surface area contributed by atoms with Gasteiger partial charge in [-0.3, -0.25) is 0 Å². The van der Waals surface area contributed by atoms with Crippen LogP contribution >= 0.6 is 0 Å². The zero-order valence-corrected chi connectivity index (χ0v) is 13.2. The van der Waals surface area contributed by atoms with Crippen molar-refractivity contribution in [3.63, 3.8) is 0 Å². The summed E-state index contributed by atoms with van der Waals surface area (Å²) in [5.41, 5.74) is 13.6. The summed E-state index contributed by atoms with van der Waals surface area (Å²) in [6.07, 6.45) is 4.58. The molecule has 0 saturated heterocycles. The number of fused-ring (bicyclic) bond motifs is 1.